The van der Waals surface area contributed by atoms with Gasteiger partial charge in [0.05, 0.1) is 11.3 Å². The number of aryl methyl sites for hydroxylation is 1. The number of hydrogen-bond acceptors (Lipinski definition) is 7. The van der Waals surface area contributed by atoms with E-state index in [0.29, 0.717) is 29.0 Å². The number of nitrogens with two attached hydrogens (primary N) is 1. The molecule has 0 spiro atoms. The summed E-state index contributed by atoms with van der Waals surface area (Å²) in [6, 6.07) is 8.24. The van der Waals surface area contributed by atoms with Crippen LogP contribution in [0.1, 0.15) is 34.5 Å². The summed E-state index contributed by atoms with van der Waals surface area (Å²) in [6.07, 6.45) is 0.268. The van der Waals surface area contributed by atoms with Gasteiger partial charge in [-0.05, 0) is 48.4 Å². The fourth-order valence-corrected chi connectivity index (χ4v) is 3.23. The van der Waals surface area contributed by atoms with Crippen LogP contribution in [0.25, 0.3) is 11.1 Å². The number of rotatable bonds is 6. The SMILES string of the molecule is CC(=O)OC(C(=O)N(O)c1ccc(-c2cnc(N)c(C=O)c2)c(C)c1)c1cc(F)cc(F)c1. The number of amides is 1. The lowest BCUT2D eigenvalue weighted by molar-refractivity contribution is -0.155. The molecule has 0 fully saturated rings. The summed E-state index contributed by atoms with van der Waals surface area (Å²) >= 11 is 0. The summed E-state index contributed by atoms with van der Waals surface area (Å²) in [5.41, 5.74) is 7.41. The highest BCUT2D eigenvalue weighted by atomic mass is 19.1. The standard InChI is InChI=1S/C23H19F2N3O5/c1-12-5-19(3-4-20(12)15-6-16(11-29)22(26)27-10-15)28(32)23(31)21(33-13(2)30)14-7-17(24)9-18(25)8-14/h3-11,21,32H,1-2H3,(H2,26,27). The maximum atomic E-state index is 13.6. The largest absolute Gasteiger partial charge is 0.447 e. The van der Waals surface area contributed by atoms with Gasteiger partial charge in [-0.1, -0.05) is 6.07 Å². The van der Waals surface area contributed by atoms with E-state index in [9.17, 15) is 28.4 Å². The van der Waals surface area contributed by atoms with Crippen molar-refractivity contribution in [2.45, 2.75) is 20.0 Å². The van der Waals surface area contributed by atoms with Crippen molar-refractivity contribution < 1.29 is 33.1 Å². The molecule has 0 aliphatic rings. The Morgan fingerprint density at radius 2 is 1.82 bits per heavy atom. The monoisotopic (exact) mass is 455 g/mol. The number of ether oxygens (including phenoxy) is 1. The van der Waals surface area contributed by atoms with Crippen molar-refractivity contribution in [3.05, 3.63) is 77.0 Å². The molecule has 0 aliphatic heterocycles. The molecule has 0 radical (unpaired) electrons. The maximum Gasteiger partial charge on any atom is 0.303 e. The van der Waals surface area contributed by atoms with Gasteiger partial charge in [-0.2, -0.15) is 5.06 Å². The zero-order chi connectivity index (χ0) is 24.3. The van der Waals surface area contributed by atoms with E-state index in [1.807, 2.05) is 0 Å². The molecule has 3 N–H and O–H groups in total. The summed E-state index contributed by atoms with van der Waals surface area (Å²) < 4.78 is 32.2. The van der Waals surface area contributed by atoms with Crippen LogP contribution < -0.4 is 10.8 Å². The Kier molecular flexibility index (Phi) is 6.78. The Morgan fingerprint density at radius 3 is 2.39 bits per heavy atom. The second-order valence-electron chi connectivity index (χ2n) is 7.16. The van der Waals surface area contributed by atoms with Crippen molar-refractivity contribution in [1.29, 1.82) is 0 Å². The number of halogens is 2. The van der Waals surface area contributed by atoms with Crippen molar-refractivity contribution in [3.63, 3.8) is 0 Å². The Labute approximate surface area is 187 Å². The molecule has 1 atom stereocenters. The number of anilines is 2. The van der Waals surface area contributed by atoms with Crippen molar-refractivity contribution >= 4 is 29.7 Å². The van der Waals surface area contributed by atoms with Crippen LogP contribution in [0.5, 0.6) is 0 Å². The first-order valence-corrected chi connectivity index (χ1v) is 9.58. The number of pyridine rings is 1. The van der Waals surface area contributed by atoms with E-state index in [-0.39, 0.29) is 27.7 Å². The van der Waals surface area contributed by atoms with E-state index >= 15 is 0 Å². The van der Waals surface area contributed by atoms with E-state index in [4.69, 9.17) is 10.5 Å². The summed E-state index contributed by atoms with van der Waals surface area (Å²) in [4.78, 5) is 39.5. The molecule has 1 amide bonds. The Morgan fingerprint density at radius 1 is 1.15 bits per heavy atom. The lowest BCUT2D eigenvalue weighted by Crippen LogP contribution is -2.34. The predicted molar refractivity (Wildman–Crippen MR) is 114 cm³/mol. The number of esters is 1. The first-order valence-electron chi connectivity index (χ1n) is 9.58. The number of benzene rings is 2. The van der Waals surface area contributed by atoms with Crippen molar-refractivity contribution in [1.82, 2.24) is 4.98 Å². The van der Waals surface area contributed by atoms with Gasteiger partial charge in [-0.15, -0.1) is 0 Å². The van der Waals surface area contributed by atoms with Crippen LogP contribution in [0.3, 0.4) is 0 Å². The van der Waals surface area contributed by atoms with Gasteiger partial charge < -0.3 is 10.5 Å². The van der Waals surface area contributed by atoms with Crippen LogP contribution >= 0.6 is 0 Å². The van der Waals surface area contributed by atoms with Crippen molar-refractivity contribution in [3.8, 4) is 11.1 Å². The molecule has 3 rings (SSSR count). The van der Waals surface area contributed by atoms with Gasteiger partial charge in [0.2, 0.25) is 6.10 Å². The number of aldehydes is 1. The molecular formula is C23H19F2N3O5. The third kappa shape index (κ3) is 5.18. The fraction of sp³-hybridized carbons (Fsp3) is 0.130. The van der Waals surface area contributed by atoms with E-state index in [1.165, 1.54) is 18.3 Å². The Hall–Kier alpha value is -4.18. The number of carbonyl (C=O) groups is 3. The predicted octanol–water partition coefficient (Wildman–Crippen LogP) is 3.76. The fourth-order valence-electron chi connectivity index (χ4n) is 3.23. The quantitative estimate of drug-likeness (QED) is 0.251. The molecular weight excluding hydrogens is 436 g/mol. The molecule has 8 nitrogen and oxygen atoms in total. The normalized spacial score (nSPS) is 11.5. The van der Waals surface area contributed by atoms with Crippen LogP contribution in [0.4, 0.5) is 20.3 Å². The topological polar surface area (TPSA) is 123 Å². The first kappa shape index (κ1) is 23.5. The van der Waals surface area contributed by atoms with Crippen LogP contribution in [-0.4, -0.2) is 28.4 Å². The Balaban J connectivity index is 1.95. The van der Waals surface area contributed by atoms with Crippen LogP contribution in [0, 0.1) is 18.6 Å². The van der Waals surface area contributed by atoms with E-state index in [0.717, 1.165) is 19.1 Å². The summed E-state index contributed by atoms with van der Waals surface area (Å²) in [5, 5.41) is 10.7. The third-order valence-electron chi connectivity index (χ3n) is 4.75. The molecule has 0 aliphatic carbocycles. The number of hydroxylamine groups is 1. The highest BCUT2D eigenvalue weighted by molar-refractivity contribution is 5.96. The van der Waals surface area contributed by atoms with Gasteiger partial charge in [0.15, 0.2) is 6.29 Å². The average molecular weight is 455 g/mol. The zero-order valence-corrected chi connectivity index (χ0v) is 17.6. The molecule has 1 aromatic heterocycles. The average Bonchev–Trinajstić information content (AvgIpc) is 2.76. The minimum Gasteiger partial charge on any atom is -0.447 e. The van der Waals surface area contributed by atoms with Gasteiger partial charge in [0.1, 0.15) is 17.5 Å². The molecule has 33 heavy (non-hydrogen) atoms. The third-order valence-corrected chi connectivity index (χ3v) is 4.75. The molecule has 0 bridgehead atoms. The van der Waals surface area contributed by atoms with Gasteiger partial charge in [0, 0.05) is 30.3 Å². The zero-order valence-electron chi connectivity index (χ0n) is 17.6. The number of carbonyl (C=O) groups excluding carboxylic acids is 3. The molecule has 1 unspecified atom stereocenters. The highest BCUT2D eigenvalue weighted by Gasteiger charge is 2.30. The van der Waals surface area contributed by atoms with Crippen molar-refractivity contribution in [2.24, 2.45) is 0 Å². The minimum atomic E-state index is -1.78. The van der Waals surface area contributed by atoms with E-state index < -0.39 is 29.6 Å². The molecule has 0 saturated heterocycles. The second kappa shape index (κ2) is 9.53. The highest BCUT2D eigenvalue weighted by Crippen LogP contribution is 2.30. The number of nitrogens with zero attached hydrogens (tertiary/aromatic N) is 2. The van der Waals surface area contributed by atoms with Crippen LogP contribution in [0.2, 0.25) is 0 Å². The summed E-state index contributed by atoms with van der Waals surface area (Å²) in [7, 11) is 0. The summed E-state index contributed by atoms with van der Waals surface area (Å²) in [6.45, 7) is 2.71. The van der Waals surface area contributed by atoms with E-state index in [2.05, 4.69) is 4.98 Å². The number of hydrogen-bond donors (Lipinski definition) is 2. The lowest BCUT2D eigenvalue weighted by Gasteiger charge is -2.23. The van der Waals surface area contributed by atoms with Crippen molar-refractivity contribution in [2.75, 3.05) is 10.8 Å². The van der Waals surface area contributed by atoms with Gasteiger partial charge in [0.25, 0.3) is 5.91 Å². The minimum absolute atomic E-state index is 0.00860. The molecule has 10 heteroatoms. The summed E-state index contributed by atoms with van der Waals surface area (Å²) in [5.74, 6) is -3.90. The smallest absolute Gasteiger partial charge is 0.303 e. The van der Waals surface area contributed by atoms with E-state index in [1.54, 1.807) is 19.1 Å². The second-order valence-corrected chi connectivity index (χ2v) is 7.16. The number of aromatic nitrogens is 1. The molecule has 0 saturated carbocycles. The maximum absolute atomic E-state index is 13.6. The molecule has 2 aromatic carbocycles. The molecule has 3 aromatic rings. The van der Waals surface area contributed by atoms with Crippen LogP contribution in [-0.2, 0) is 14.3 Å². The Bertz CT molecular complexity index is 1230. The van der Waals surface area contributed by atoms with Gasteiger partial charge in [-0.25, -0.2) is 13.8 Å². The van der Waals surface area contributed by atoms with Gasteiger partial charge in [-0.3, -0.25) is 19.6 Å². The lowest BCUT2D eigenvalue weighted by atomic mass is 10.00. The molecule has 1 heterocycles. The first-order chi connectivity index (χ1) is 15.6. The number of nitrogen functional groups attached to an aromatic ring is 1. The van der Waals surface area contributed by atoms with Gasteiger partial charge >= 0.3 is 5.97 Å². The molecule has 170 valence electrons. The van der Waals surface area contributed by atoms with Crippen LogP contribution in [0.15, 0.2) is 48.7 Å².